The number of carbonyl (C=O) groups excluding carboxylic acids is 1. The van der Waals surface area contributed by atoms with E-state index in [1.807, 2.05) is 6.92 Å². The van der Waals surface area contributed by atoms with Gasteiger partial charge in [-0.2, -0.15) is 0 Å². The summed E-state index contributed by atoms with van der Waals surface area (Å²) in [7, 11) is 0. The van der Waals surface area contributed by atoms with E-state index in [-0.39, 0.29) is 11.7 Å². The van der Waals surface area contributed by atoms with Crippen LogP contribution in [0.2, 0.25) is 0 Å². The summed E-state index contributed by atoms with van der Waals surface area (Å²) in [6.45, 7) is 11.7. The molecule has 1 atom stereocenters. The van der Waals surface area contributed by atoms with Crippen LogP contribution in [-0.2, 0) is 4.74 Å². The lowest BCUT2D eigenvalue weighted by atomic mass is 10.1. The first-order chi connectivity index (χ1) is 13.5. The molecule has 1 aromatic rings. The van der Waals surface area contributed by atoms with Crippen LogP contribution in [0.25, 0.3) is 0 Å². The highest BCUT2D eigenvalue weighted by molar-refractivity contribution is 5.94. The summed E-state index contributed by atoms with van der Waals surface area (Å²) < 4.78 is 19.0. The second-order valence-electron chi connectivity index (χ2n) is 6.86. The zero-order valence-electron chi connectivity index (χ0n) is 17.1. The number of nitrogens with one attached hydrogen (secondary N) is 3. The Labute approximate surface area is 166 Å². The largest absolute Gasteiger partial charge is 0.379 e. The van der Waals surface area contributed by atoms with Gasteiger partial charge in [-0.15, -0.1) is 0 Å². The van der Waals surface area contributed by atoms with Gasteiger partial charge in [-0.05, 0) is 38.5 Å². The van der Waals surface area contributed by atoms with Crippen molar-refractivity contribution in [2.45, 2.75) is 26.8 Å². The lowest BCUT2D eigenvalue weighted by Crippen LogP contribution is -2.45. The molecule has 0 aromatic heterocycles. The molecule has 0 saturated carbocycles. The first-order valence-corrected chi connectivity index (χ1v) is 9.89. The average molecular weight is 394 g/mol. The molecule has 7 nitrogen and oxygen atoms in total. The molecule has 1 saturated heterocycles. The number of rotatable bonds is 8. The highest BCUT2D eigenvalue weighted by Gasteiger charge is 2.16. The Morgan fingerprint density at radius 1 is 1.25 bits per heavy atom. The van der Waals surface area contributed by atoms with Gasteiger partial charge in [0.2, 0.25) is 0 Å². The molecule has 1 amide bonds. The van der Waals surface area contributed by atoms with Crippen LogP contribution in [0.5, 0.6) is 0 Å². The minimum absolute atomic E-state index is 0.288. The van der Waals surface area contributed by atoms with Crippen molar-refractivity contribution in [1.29, 1.82) is 0 Å². The van der Waals surface area contributed by atoms with Gasteiger partial charge in [0.1, 0.15) is 5.82 Å². The van der Waals surface area contributed by atoms with E-state index in [0.29, 0.717) is 36.8 Å². The molecule has 1 unspecified atom stereocenters. The number of morpholine rings is 1. The number of halogens is 1. The van der Waals surface area contributed by atoms with E-state index < -0.39 is 0 Å². The quantitative estimate of drug-likeness (QED) is 0.351. The van der Waals surface area contributed by atoms with Crippen molar-refractivity contribution in [2.75, 3.05) is 52.5 Å². The Morgan fingerprint density at radius 3 is 2.64 bits per heavy atom. The van der Waals surface area contributed by atoms with Crippen LogP contribution in [0.15, 0.2) is 23.2 Å². The fraction of sp³-hybridized carbons (Fsp3) is 0.600. The Balaban J connectivity index is 1.75. The molecule has 0 aliphatic carbocycles. The van der Waals surface area contributed by atoms with Crippen LogP contribution in [-0.4, -0.2) is 75.3 Å². The number of aryl methyl sites for hydroxylation is 1. The number of hydrogen-bond acceptors (Lipinski definition) is 4. The highest BCUT2D eigenvalue weighted by atomic mass is 19.1. The maximum Gasteiger partial charge on any atom is 0.251 e. The maximum absolute atomic E-state index is 13.6. The Bertz CT molecular complexity index is 662. The standard InChI is InChI=1S/C20H32FN5O2/c1-4-22-20(25-14-16(3)26-9-11-28-12-10-26)24-8-7-23-19(27)17-6-5-15(2)18(21)13-17/h5-6,13,16H,4,7-12,14H2,1-3H3,(H,23,27)(H2,22,24,25). The SMILES string of the molecule is CCNC(=NCC(C)N1CCOCC1)NCCNC(=O)c1ccc(C)c(F)c1. The summed E-state index contributed by atoms with van der Waals surface area (Å²) in [5.74, 6) is 0.0588. The van der Waals surface area contributed by atoms with Crippen LogP contribution < -0.4 is 16.0 Å². The molecule has 1 aliphatic rings. The van der Waals surface area contributed by atoms with Crippen LogP contribution in [0.1, 0.15) is 29.8 Å². The molecule has 2 rings (SSSR count). The number of hydrogen-bond donors (Lipinski definition) is 3. The molecular weight excluding hydrogens is 361 g/mol. The third-order valence-electron chi connectivity index (χ3n) is 4.66. The minimum atomic E-state index is -0.373. The van der Waals surface area contributed by atoms with Crippen molar-refractivity contribution in [3.63, 3.8) is 0 Å². The minimum Gasteiger partial charge on any atom is -0.379 e. The molecule has 1 aliphatic heterocycles. The molecule has 0 bridgehead atoms. The van der Waals surface area contributed by atoms with Crippen molar-refractivity contribution >= 4 is 11.9 Å². The Kier molecular flexibility index (Phi) is 9.16. The van der Waals surface area contributed by atoms with Crippen LogP contribution >= 0.6 is 0 Å². The van der Waals surface area contributed by atoms with Gasteiger partial charge >= 0.3 is 0 Å². The monoisotopic (exact) mass is 393 g/mol. The van der Waals surface area contributed by atoms with E-state index in [4.69, 9.17) is 4.74 Å². The van der Waals surface area contributed by atoms with Gasteiger partial charge in [0.05, 0.1) is 19.8 Å². The molecule has 1 aromatic carbocycles. The number of nitrogens with zero attached hydrogens (tertiary/aromatic N) is 2. The first-order valence-electron chi connectivity index (χ1n) is 9.89. The summed E-state index contributed by atoms with van der Waals surface area (Å²) in [6, 6.07) is 4.83. The topological polar surface area (TPSA) is 78.0 Å². The fourth-order valence-corrected chi connectivity index (χ4v) is 2.89. The number of carbonyl (C=O) groups is 1. The van der Waals surface area contributed by atoms with E-state index in [0.717, 1.165) is 38.8 Å². The van der Waals surface area contributed by atoms with Crippen molar-refractivity contribution in [3.8, 4) is 0 Å². The van der Waals surface area contributed by atoms with Crippen LogP contribution in [0, 0.1) is 12.7 Å². The van der Waals surface area contributed by atoms with Crippen LogP contribution in [0.3, 0.4) is 0 Å². The maximum atomic E-state index is 13.6. The molecule has 1 heterocycles. The Morgan fingerprint density at radius 2 is 1.96 bits per heavy atom. The second kappa shape index (κ2) is 11.6. The van der Waals surface area contributed by atoms with Crippen molar-refractivity contribution in [1.82, 2.24) is 20.9 Å². The summed E-state index contributed by atoms with van der Waals surface area (Å²) in [6.07, 6.45) is 0. The van der Waals surface area contributed by atoms with Gasteiger partial charge in [-0.1, -0.05) is 6.07 Å². The smallest absolute Gasteiger partial charge is 0.251 e. The van der Waals surface area contributed by atoms with Crippen molar-refractivity contribution < 1.29 is 13.9 Å². The zero-order chi connectivity index (χ0) is 20.4. The number of ether oxygens (including phenoxy) is 1. The van der Waals surface area contributed by atoms with Gasteiger partial charge in [0, 0.05) is 44.3 Å². The lowest BCUT2D eigenvalue weighted by Gasteiger charge is -2.31. The number of amides is 1. The van der Waals surface area contributed by atoms with E-state index in [2.05, 4.69) is 32.8 Å². The van der Waals surface area contributed by atoms with Gasteiger partial charge in [-0.25, -0.2) is 4.39 Å². The van der Waals surface area contributed by atoms with Gasteiger partial charge in [0.15, 0.2) is 5.96 Å². The molecule has 1 fully saturated rings. The predicted molar refractivity (Wildman–Crippen MR) is 109 cm³/mol. The van der Waals surface area contributed by atoms with Crippen molar-refractivity contribution in [2.24, 2.45) is 4.99 Å². The summed E-state index contributed by atoms with van der Waals surface area (Å²) in [5.41, 5.74) is 0.846. The van der Waals surface area contributed by atoms with Gasteiger partial charge < -0.3 is 20.7 Å². The fourth-order valence-electron chi connectivity index (χ4n) is 2.89. The molecule has 8 heteroatoms. The summed E-state index contributed by atoms with van der Waals surface area (Å²) in [4.78, 5) is 19.1. The summed E-state index contributed by atoms with van der Waals surface area (Å²) >= 11 is 0. The van der Waals surface area contributed by atoms with E-state index in [9.17, 15) is 9.18 Å². The van der Waals surface area contributed by atoms with Crippen molar-refractivity contribution in [3.05, 3.63) is 35.1 Å². The number of aliphatic imine (C=N–C) groups is 1. The molecule has 0 spiro atoms. The van der Waals surface area contributed by atoms with Gasteiger partial charge in [-0.3, -0.25) is 14.7 Å². The summed E-state index contributed by atoms with van der Waals surface area (Å²) in [5, 5.41) is 9.21. The third kappa shape index (κ3) is 7.09. The second-order valence-corrected chi connectivity index (χ2v) is 6.86. The molecule has 0 radical (unpaired) electrons. The van der Waals surface area contributed by atoms with E-state index in [1.165, 1.54) is 6.07 Å². The average Bonchev–Trinajstić information content (AvgIpc) is 2.71. The normalized spacial score (nSPS) is 16.5. The Hall–Kier alpha value is -2.19. The molecular formula is C20H32FN5O2. The predicted octanol–water partition coefficient (Wildman–Crippen LogP) is 1.14. The van der Waals surface area contributed by atoms with E-state index >= 15 is 0 Å². The highest BCUT2D eigenvalue weighted by Crippen LogP contribution is 2.08. The molecule has 156 valence electrons. The molecule has 3 N–H and O–H groups in total. The lowest BCUT2D eigenvalue weighted by molar-refractivity contribution is 0.0220. The number of benzene rings is 1. The first kappa shape index (κ1) is 22.1. The third-order valence-corrected chi connectivity index (χ3v) is 4.66. The molecule has 28 heavy (non-hydrogen) atoms. The zero-order valence-corrected chi connectivity index (χ0v) is 17.1. The van der Waals surface area contributed by atoms with Gasteiger partial charge in [0.25, 0.3) is 5.91 Å². The van der Waals surface area contributed by atoms with E-state index in [1.54, 1.807) is 19.1 Å². The van der Waals surface area contributed by atoms with Crippen LogP contribution in [0.4, 0.5) is 4.39 Å². The number of guanidine groups is 1.